The molecule has 2 amide bonds. The van der Waals surface area contributed by atoms with Crippen molar-refractivity contribution in [2.45, 2.75) is 16.8 Å². The van der Waals surface area contributed by atoms with Gasteiger partial charge in [0.25, 0.3) is 11.8 Å². The minimum absolute atomic E-state index is 0.0621. The van der Waals surface area contributed by atoms with Gasteiger partial charge in [0.1, 0.15) is 5.03 Å². The van der Waals surface area contributed by atoms with E-state index in [1.165, 1.54) is 11.8 Å². The maximum Gasteiger partial charge on any atom is 0.261 e. The minimum atomic E-state index is -0.170. The standard InChI is InChI=1S/C21H17N3O2S/c1-2-24-17-11-10-15(23-19(25)14-7-4-3-5-8-14)13-18(17)27-20-16(21(24)26)9-6-12-22-20/h3-13H,2H2,1H3,(H,23,25). The number of carbonyl (C=O) groups is 2. The van der Waals surface area contributed by atoms with Gasteiger partial charge < -0.3 is 10.2 Å². The number of anilines is 2. The Kier molecular flexibility index (Phi) is 4.64. The van der Waals surface area contributed by atoms with Crippen LogP contribution in [0.3, 0.4) is 0 Å². The fraction of sp³-hybridized carbons (Fsp3) is 0.0952. The highest BCUT2D eigenvalue weighted by Gasteiger charge is 2.27. The van der Waals surface area contributed by atoms with Crippen LogP contribution < -0.4 is 10.2 Å². The van der Waals surface area contributed by atoms with Gasteiger partial charge in [-0.1, -0.05) is 30.0 Å². The van der Waals surface area contributed by atoms with Crippen molar-refractivity contribution in [3.05, 3.63) is 78.0 Å². The van der Waals surface area contributed by atoms with Crippen LogP contribution in [0.1, 0.15) is 27.6 Å². The Hall–Kier alpha value is -3.12. The molecule has 0 saturated carbocycles. The molecule has 5 nitrogen and oxygen atoms in total. The number of pyridine rings is 1. The van der Waals surface area contributed by atoms with Crippen LogP contribution in [0.25, 0.3) is 0 Å². The third kappa shape index (κ3) is 3.31. The van der Waals surface area contributed by atoms with Gasteiger partial charge in [-0.05, 0) is 49.4 Å². The van der Waals surface area contributed by atoms with Gasteiger partial charge >= 0.3 is 0 Å². The van der Waals surface area contributed by atoms with E-state index in [4.69, 9.17) is 0 Å². The molecule has 0 fully saturated rings. The summed E-state index contributed by atoms with van der Waals surface area (Å²) in [4.78, 5) is 32.3. The van der Waals surface area contributed by atoms with Crippen LogP contribution in [0, 0.1) is 0 Å². The summed E-state index contributed by atoms with van der Waals surface area (Å²) < 4.78 is 0. The average molecular weight is 375 g/mol. The van der Waals surface area contributed by atoms with Crippen molar-refractivity contribution in [2.75, 3.05) is 16.8 Å². The molecule has 2 aromatic carbocycles. The van der Waals surface area contributed by atoms with Crippen molar-refractivity contribution >= 4 is 35.0 Å². The lowest BCUT2D eigenvalue weighted by atomic mass is 10.2. The van der Waals surface area contributed by atoms with Crippen molar-refractivity contribution in [2.24, 2.45) is 0 Å². The smallest absolute Gasteiger partial charge is 0.261 e. The van der Waals surface area contributed by atoms with Gasteiger partial charge in [-0.15, -0.1) is 0 Å². The van der Waals surface area contributed by atoms with Crippen LogP contribution >= 0.6 is 11.8 Å². The van der Waals surface area contributed by atoms with Crippen LogP contribution in [-0.4, -0.2) is 23.3 Å². The normalized spacial score (nSPS) is 12.8. The third-order valence-electron chi connectivity index (χ3n) is 4.31. The van der Waals surface area contributed by atoms with E-state index in [1.54, 1.807) is 35.4 Å². The Balaban J connectivity index is 1.70. The van der Waals surface area contributed by atoms with E-state index in [9.17, 15) is 9.59 Å². The fourth-order valence-corrected chi connectivity index (χ4v) is 4.05. The molecule has 27 heavy (non-hydrogen) atoms. The molecular formula is C21H17N3O2S. The molecular weight excluding hydrogens is 358 g/mol. The molecule has 0 bridgehead atoms. The number of nitrogens with zero attached hydrogens (tertiary/aromatic N) is 2. The van der Waals surface area contributed by atoms with Gasteiger partial charge in [-0.25, -0.2) is 4.98 Å². The van der Waals surface area contributed by atoms with Crippen LogP contribution in [0.2, 0.25) is 0 Å². The van der Waals surface area contributed by atoms with E-state index >= 15 is 0 Å². The molecule has 1 N–H and O–H groups in total. The molecule has 0 unspecified atom stereocenters. The summed E-state index contributed by atoms with van der Waals surface area (Å²) in [6, 6.07) is 18.2. The molecule has 2 heterocycles. The number of carbonyl (C=O) groups excluding carboxylic acids is 2. The highest BCUT2D eigenvalue weighted by Crippen LogP contribution is 2.41. The Bertz CT molecular complexity index is 1020. The molecule has 0 atom stereocenters. The summed E-state index contributed by atoms with van der Waals surface area (Å²) in [5.41, 5.74) is 2.69. The SMILES string of the molecule is CCN1C(=O)c2cccnc2Sc2cc(NC(=O)c3ccccc3)ccc21. The second-order valence-electron chi connectivity index (χ2n) is 6.01. The van der Waals surface area contributed by atoms with E-state index in [0.717, 1.165) is 10.6 Å². The molecule has 0 aliphatic carbocycles. The highest BCUT2D eigenvalue weighted by atomic mass is 32.2. The Morgan fingerprint density at radius 1 is 1.11 bits per heavy atom. The van der Waals surface area contributed by atoms with E-state index in [0.29, 0.717) is 28.4 Å². The van der Waals surface area contributed by atoms with Gasteiger partial charge in [0, 0.05) is 28.9 Å². The first-order valence-corrected chi connectivity index (χ1v) is 9.44. The highest BCUT2D eigenvalue weighted by molar-refractivity contribution is 7.99. The van der Waals surface area contributed by atoms with E-state index in [-0.39, 0.29) is 11.8 Å². The summed E-state index contributed by atoms with van der Waals surface area (Å²) in [6.07, 6.45) is 1.68. The van der Waals surface area contributed by atoms with Gasteiger partial charge in [0.2, 0.25) is 0 Å². The first-order valence-electron chi connectivity index (χ1n) is 8.62. The van der Waals surface area contributed by atoms with Crippen molar-refractivity contribution in [3.63, 3.8) is 0 Å². The predicted octanol–water partition coefficient (Wildman–Crippen LogP) is 4.47. The number of hydrogen-bond donors (Lipinski definition) is 1. The summed E-state index contributed by atoms with van der Waals surface area (Å²) in [5.74, 6) is -0.232. The first kappa shape index (κ1) is 17.3. The summed E-state index contributed by atoms with van der Waals surface area (Å²) in [6.45, 7) is 2.50. The maximum absolute atomic E-state index is 12.9. The van der Waals surface area contributed by atoms with Crippen molar-refractivity contribution in [1.82, 2.24) is 4.98 Å². The molecule has 0 spiro atoms. The fourth-order valence-electron chi connectivity index (χ4n) is 3.00. The summed E-state index contributed by atoms with van der Waals surface area (Å²) >= 11 is 1.44. The largest absolute Gasteiger partial charge is 0.322 e. The van der Waals surface area contributed by atoms with Gasteiger partial charge in [-0.3, -0.25) is 9.59 Å². The minimum Gasteiger partial charge on any atom is -0.322 e. The quantitative estimate of drug-likeness (QED) is 0.734. The zero-order chi connectivity index (χ0) is 18.8. The molecule has 1 aromatic heterocycles. The number of benzene rings is 2. The zero-order valence-corrected chi connectivity index (χ0v) is 15.5. The number of hydrogen-bond acceptors (Lipinski definition) is 4. The lowest BCUT2D eigenvalue weighted by molar-refractivity contribution is 0.0983. The van der Waals surface area contributed by atoms with Crippen LogP contribution in [0.4, 0.5) is 11.4 Å². The van der Waals surface area contributed by atoms with Crippen molar-refractivity contribution in [3.8, 4) is 0 Å². The number of nitrogens with one attached hydrogen (secondary N) is 1. The van der Waals surface area contributed by atoms with Crippen molar-refractivity contribution < 1.29 is 9.59 Å². The maximum atomic E-state index is 12.9. The van der Waals surface area contributed by atoms with Gasteiger partial charge in [0.05, 0.1) is 11.3 Å². The Morgan fingerprint density at radius 2 is 1.93 bits per heavy atom. The topological polar surface area (TPSA) is 62.3 Å². The van der Waals surface area contributed by atoms with E-state index < -0.39 is 0 Å². The van der Waals surface area contributed by atoms with Gasteiger partial charge in [0.15, 0.2) is 0 Å². The third-order valence-corrected chi connectivity index (χ3v) is 5.38. The Labute approximate surface area is 161 Å². The molecule has 6 heteroatoms. The molecule has 1 aliphatic rings. The van der Waals surface area contributed by atoms with Crippen LogP contribution in [0.5, 0.6) is 0 Å². The zero-order valence-electron chi connectivity index (χ0n) is 14.7. The second-order valence-corrected chi connectivity index (χ2v) is 7.04. The number of fused-ring (bicyclic) bond motifs is 2. The monoisotopic (exact) mass is 375 g/mol. The van der Waals surface area contributed by atoms with Gasteiger partial charge in [-0.2, -0.15) is 0 Å². The number of rotatable bonds is 3. The lowest BCUT2D eigenvalue weighted by Gasteiger charge is -2.21. The molecule has 0 saturated heterocycles. The molecule has 0 radical (unpaired) electrons. The lowest BCUT2D eigenvalue weighted by Crippen LogP contribution is -2.30. The average Bonchev–Trinajstić information content (AvgIpc) is 2.82. The molecule has 4 rings (SSSR count). The van der Waals surface area contributed by atoms with E-state index in [2.05, 4.69) is 10.3 Å². The van der Waals surface area contributed by atoms with Crippen LogP contribution in [0.15, 0.2) is 76.8 Å². The predicted molar refractivity (Wildman–Crippen MR) is 107 cm³/mol. The molecule has 1 aliphatic heterocycles. The summed E-state index contributed by atoms with van der Waals surface area (Å²) in [5, 5.41) is 3.59. The number of aromatic nitrogens is 1. The summed E-state index contributed by atoms with van der Waals surface area (Å²) in [7, 11) is 0. The van der Waals surface area contributed by atoms with E-state index in [1.807, 2.05) is 43.3 Å². The molecule has 3 aromatic rings. The molecule has 134 valence electrons. The van der Waals surface area contributed by atoms with Crippen LogP contribution in [-0.2, 0) is 0 Å². The number of amides is 2. The Morgan fingerprint density at radius 3 is 2.70 bits per heavy atom. The van der Waals surface area contributed by atoms with Crippen molar-refractivity contribution in [1.29, 1.82) is 0 Å². The second kappa shape index (κ2) is 7.25. The first-order chi connectivity index (χ1) is 13.2.